The average Bonchev–Trinajstić information content (AvgIpc) is 3.06. The number of nitrogens with zero attached hydrogens (tertiary/aromatic N) is 2. The number of hydrogen-bond acceptors (Lipinski definition) is 6. The van der Waals surface area contributed by atoms with E-state index >= 15 is 0 Å². The summed E-state index contributed by atoms with van der Waals surface area (Å²) in [6.45, 7) is 6.64. The molecular formula is C22H27F3N4O4S. The van der Waals surface area contributed by atoms with E-state index < -0.39 is 41.1 Å². The van der Waals surface area contributed by atoms with E-state index in [1.54, 1.807) is 32.9 Å². The molecule has 1 saturated carbocycles. The van der Waals surface area contributed by atoms with Crippen LogP contribution in [0.25, 0.3) is 0 Å². The summed E-state index contributed by atoms with van der Waals surface area (Å²) in [6, 6.07) is 4.52. The van der Waals surface area contributed by atoms with Gasteiger partial charge < -0.3 is 25.0 Å². The molecule has 0 bridgehead atoms. The zero-order valence-corrected chi connectivity index (χ0v) is 19.8. The highest BCUT2D eigenvalue weighted by Gasteiger charge is 2.57. The fraction of sp³-hybridized carbons (Fsp3) is 0.591. The fourth-order valence-corrected chi connectivity index (χ4v) is 4.51. The van der Waals surface area contributed by atoms with Crippen molar-refractivity contribution in [2.45, 2.75) is 44.9 Å². The molecule has 0 spiro atoms. The van der Waals surface area contributed by atoms with E-state index in [4.69, 9.17) is 9.47 Å². The van der Waals surface area contributed by atoms with Crippen LogP contribution in [0.5, 0.6) is 0 Å². The Labute approximate surface area is 200 Å². The number of anilines is 2. The summed E-state index contributed by atoms with van der Waals surface area (Å²) in [5.41, 5.74) is 0.168. The fourth-order valence-electron chi connectivity index (χ4n) is 4.43. The van der Waals surface area contributed by atoms with Crippen LogP contribution in [0.15, 0.2) is 18.2 Å². The number of hydrogen-bond donors (Lipinski definition) is 2. The summed E-state index contributed by atoms with van der Waals surface area (Å²) in [5, 5.41) is 5.25. The summed E-state index contributed by atoms with van der Waals surface area (Å²) in [7, 11) is 0. The molecule has 186 valence electrons. The SMILES string of the molecule is CC(C)(C)OC(=O)NC1C2CN(c3ccc(N4C[C@H](CNC(=S)C(F)F)OC4=O)cc3F)CC21. The van der Waals surface area contributed by atoms with Crippen LogP contribution in [-0.2, 0) is 9.47 Å². The normalized spacial score (nSPS) is 25.8. The number of cyclic esters (lactones) is 1. The lowest BCUT2D eigenvalue weighted by Gasteiger charge is -2.25. The third-order valence-electron chi connectivity index (χ3n) is 6.04. The van der Waals surface area contributed by atoms with Crippen molar-refractivity contribution in [3.63, 3.8) is 0 Å². The maximum Gasteiger partial charge on any atom is 0.414 e. The second-order valence-corrected chi connectivity index (χ2v) is 10.1. The lowest BCUT2D eigenvalue weighted by Crippen LogP contribution is -2.38. The second-order valence-electron chi connectivity index (χ2n) is 9.70. The molecule has 2 amide bonds. The molecule has 2 aliphatic heterocycles. The molecule has 2 unspecified atom stereocenters. The van der Waals surface area contributed by atoms with Crippen molar-refractivity contribution >= 4 is 40.8 Å². The van der Waals surface area contributed by atoms with Gasteiger partial charge in [0.25, 0.3) is 6.43 Å². The predicted octanol–water partition coefficient (Wildman–Crippen LogP) is 3.29. The zero-order valence-electron chi connectivity index (χ0n) is 19.0. The molecule has 2 heterocycles. The zero-order chi connectivity index (χ0) is 24.8. The lowest BCUT2D eigenvalue weighted by atomic mass is 10.2. The molecule has 1 aromatic carbocycles. The smallest absolute Gasteiger partial charge is 0.414 e. The Bertz CT molecular complexity index is 977. The first-order chi connectivity index (χ1) is 15.9. The number of amides is 2. The Hall–Kier alpha value is -2.76. The van der Waals surface area contributed by atoms with Crippen LogP contribution in [0.2, 0.25) is 0 Å². The Morgan fingerprint density at radius 3 is 2.53 bits per heavy atom. The van der Waals surface area contributed by atoms with E-state index in [0.717, 1.165) is 0 Å². The third-order valence-corrected chi connectivity index (χ3v) is 6.36. The van der Waals surface area contributed by atoms with Crippen molar-refractivity contribution in [1.29, 1.82) is 0 Å². The Morgan fingerprint density at radius 2 is 1.94 bits per heavy atom. The van der Waals surface area contributed by atoms with Crippen molar-refractivity contribution in [3.8, 4) is 0 Å². The van der Waals surface area contributed by atoms with Crippen LogP contribution in [0.4, 0.5) is 34.1 Å². The van der Waals surface area contributed by atoms with Gasteiger partial charge in [-0.05, 0) is 39.0 Å². The van der Waals surface area contributed by atoms with E-state index in [9.17, 15) is 22.8 Å². The number of piperidine rings is 1. The van der Waals surface area contributed by atoms with Crippen LogP contribution in [-0.4, -0.2) is 67.5 Å². The minimum Gasteiger partial charge on any atom is -0.444 e. The summed E-state index contributed by atoms with van der Waals surface area (Å²) in [5.74, 6) is -0.0239. The molecule has 2 N–H and O–H groups in total. The van der Waals surface area contributed by atoms with Gasteiger partial charge in [-0.15, -0.1) is 0 Å². The first-order valence-corrected chi connectivity index (χ1v) is 11.4. The van der Waals surface area contributed by atoms with E-state index in [-0.39, 0.29) is 31.0 Å². The molecule has 0 aromatic heterocycles. The Kier molecular flexibility index (Phi) is 6.54. The van der Waals surface area contributed by atoms with Crippen LogP contribution >= 0.6 is 12.2 Å². The number of rotatable bonds is 6. The molecule has 34 heavy (non-hydrogen) atoms. The number of ether oxygens (including phenoxy) is 2. The predicted molar refractivity (Wildman–Crippen MR) is 123 cm³/mol. The first-order valence-electron chi connectivity index (χ1n) is 11.0. The monoisotopic (exact) mass is 500 g/mol. The van der Waals surface area contributed by atoms with Gasteiger partial charge in [-0.25, -0.2) is 22.8 Å². The lowest BCUT2D eigenvalue weighted by molar-refractivity contribution is 0.0518. The van der Waals surface area contributed by atoms with Crippen molar-refractivity contribution in [1.82, 2.24) is 10.6 Å². The molecule has 1 aromatic rings. The quantitative estimate of drug-likeness (QED) is 0.580. The number of fused-ring (bicyclic) bond motifs is 1. The van der Waals surface area contributed by atoms with Gasteiger partial charge in [0.05, 0.1) is 24.5 Å². The number of alkyl halides is 2. The molecular weight excluding hydrogens is 473 g/mol. The molecule has 12 heteroatoms. The first kappa shape index (κ1) is 24.4. The van der Waals surface area contributed by atoms with E-state index in [2.05, 4.69) is 22.9 Å². The second kappa shape index (κ2) is 9.12. The third kappa shape index (κ3) is 5.31. The highest BCUT2D eigenvalue weighted by atomic mass is 32.1. The summed E-state index contributed by atoms with van der Waals surface area (Å²) >= 11 is 4.51. The maximum absolute atomic E-state index is 14.9. The van der Waals surface area contributed by atoms with E-state index in [1.807, 2.05) is 4.90 Å². The number of alkyl carbamates (subject to hydrolysis) is 1. The highest BCUT2D eigenvalue weighted by Crippen LogP contribution is 2.47. The maximum atomic E-state index is 14.9. The summed E-state index contributed by atoms with van der Waals surface area (Å²) < 4.78 is 50.4. The number of thiocarbonyl (C=S) groups is 1. The number of halogens is 3. The summed E-state index contributed by atoms with van der Waals surface area (Å²) in [4.78, 5) is 26.7. The van der Waals surface area contributed by atoms with Crippen LogP contribution in [0.3, 0.4) is 0 Å². The van der Waals surface area contributed by atoms with Crippen LogP contribution in [0, 0.1) is 17.7 Å². The van der Waals surface area contributed by atoms with Crippen LogP contribution < -0.4 is 20.4 Å². The van der Waals surface area contributed by atoms with Crippen molar-refractivity contribution in [3.05, 3.63) is 24.0 Å². The van der Waals surface area contributed by atoms with Gasteiger partial charge in [-0.1, -0.05) is 12.2 Å². The molecule has 8 nitrogen and oxygen atoms in total. The van der Waals surface area contributed by atoms with Gasteiger partial charge in [-0.3, -0.25) is 4.90 Å². The number of carbonyl (C=O) groups excluding carboxylic acids is 2. The number of nitrogens with one attached hydrogen (secondary N) is 2. The highest BCUT2D eigenvalue weighted by molar-refractivity contribution is 7.80. The van der Waals surface area contributed by atoms with Gasteiger partial charge in [0.1, 0.15) is 22.5 Å². The summed E-state index contributed by atoms with van der Waals surface area (Å²) in [6.07, 6.45) is -4.60. The molecule has 0 radical (unpaired) electrons. The van der Waals surface area contributed by atoms with Gasteiger partial charge >= 0.3 is 12.2 Å². The van der Waals surface area contributed by atoms with E-state index in [1.165, 1.54) is 11.0 Å². The van der Waals surface area contributed by atoms with Gasteiger partial charge in [0, 0.05) is 31.0 Å². The van der Waals surface area contributed by atoms with E-state index in [0.29, 0.717) is 24.5 Å². The van der Waals surface area contributed by atoms with Gasteiger partial charge in [0.2, 0.25) is 0 Å². The number of carbonyl (C=O) groups is 2. The standard InChI is InChI=1S/C22H27F3N4O4S/c1-22(2,3)33-20(30)27-17-13-9-28(10-14(13)17)16-5-4-11(6-15(16)23)29-8-12(32-21(29)31)7-26-19(34)18(24)25/h4-6,12-14,17-18H,7-10H2,1-3H3,(H,26,34)(H,27,30)/t12-,13?,14?,17?/m0/s1. The minimum atomic E-state index is -2.79. The van der Waals surface area contributed by atoms with Gasteiger partial charge in [-0.2, -0.15) is 0 Å². The molecule has 3 fully saturated rings. The molecule has 4 rings (SSSR count). The van der Waals surface area contributed by atoms with Gasteiger partial charge in [0.15, 0.2) is 0 Å². The largest absolute Gasteiger partial charge is 0.444 e. The number of benzene rings is 1. The van der Waals surface area contributed by atoms with Crippen LogP contribution in [0.1, 0.15) is 20.8 Å². The Balaban J connectivity index is 1.30. The topological polar surface area (TPSA) is 83.1 Å². The molecule has 1 aliphatic carbocycles. The average molecular weight is 501 g/mol. The molecule has 3 atom stereocenters. The molecule has 3 aliphatic rings. The molecule has 2 saturated heterocycles. The minimum absolute atomic E-state index is 0.0244. The van der Waals surface area contributed by atoms with Crippen molar-refractivity contribution in [2.75, 3.05) is 36.0 Å². The van der Waals surface area contributed by atoms with Crippen molar-refractivity contribution in [2.24, 2.45) is 11.8 Å². The van der Waals surface area contributed by atoms with Crippen molar-refractivity contribution < 1.29 is 32.2 Å². The Morgan fingerprint density at radius 1 is 1.26 bits per heavy atom.